The molecule has 3 heteroatoms. The van der Waals surface area contributed by atoms with E-state index in [0.717, 1.165) is 45.3 Å². The van der Waals surface area contributed by atoms with Crippen molar-refractivity contribution < 1.29 is 0 Å². The molecule has 0 unspecified atom stereocenters. The Balaban J connectivity index is 1.11. The number of benzene rings is 9. The Kier molecular flexibility index (Phi) is 9.18. The van der Waals surface area contributed by atoms with Crippen molar-refractivity contribution in [3.8, 4) is 22.3 Å². The summed E-state index contributed by atoms with van der Waals surface area (Å²) in [5.74, 6) is 0. The van der Waals surface area contributed by atoms with Crippen LogP contribution in [0, 0.1) is 0 Å². The number of nitrogens with zero attached hydrogens (tertiary/aromatic N) is 2. The fourth-order valence-corrected chi connectivity index (χ4v) is 9.07. The molecule has 9 aromatic rings. The first-order valence-electron chi connectivity index (χ1n) is 19.7. The van der Waals surface area contributed by atoms with Crippen molar-refractivity contribution in [2.45, 2.75) is 5.41 Å². The largest absolute Gasteiger partial charge is 0.310 e. The molecule has 0 aliphatic heterocycles. The zero-order chi connectivity index (χ0) is 38.9. The maximum absolute atomic E-state index is 6.70. The minimum Gasteiger partial charge on any atom is -0.310 e. The molecule has 0 bridgehead atoms. The highest BCUT2D eigenvalue weighted by atomic mass is 35.5. The number of hydrogen-bond acceptors (Lipinski definition) is 2. The van der Waals surface area contributed by atoms with Crippen LogP contribution in [0.15, 0.2) is 237 Å². The molecule has 0 aromatic heterocycles. The van der Waals surface area contributed by atoms with Crippen molar-refractivity contribution in [3.63, 3.8) is 0 Å². The molecule has 0 fully saturated rings. The third-order valence-corrected chi connectivity index (χ3v) is 11.6. The van der Waals surface area contributed by atoms with Gasteiger partial charge in [-0.15, -0.1) is 0 Å². The van der Waals surface area contributed by atoms with Crippen molar-refractivity contribution in [2.24, 2.45) is 0 Å². The summed E-state index contributed by atoms with van der Waals surface area (Å²) in [6.45, 7) is 0. The van der Waals surface area contributed by atoms with Crippen molar-refractivity contribution in [2.75, 3.05) is 9.80 Å². The number of hydrogen-bond donors (Lipinski definition) is 0. The third-order valence-electron chi connectivity index (χ3n) is 11.3. The standard InChI is InChI=1S/C55H39ClN2/c56-44-23-16-29-48(38-44)58(50-31-17-30-49(39-50)57(45-24-9-3-10-25-45)46-26-11-4-12-27-46)47-28-15-18-40(36-47)41-34-35-54-52(37-41)51-32-13-14-33-53(51)55(54,42-19-5-1-6-20-42)43-21-7-2-8-22-43/h1-39H. The molecule has 0 radical (unpaired) electrons. The lowest BCUT2D eigenvalue weighted by Gasteiger charge is -2.33. The summed E-state index contributed by atoms with van der Waals surface area (Å²) < 4.78 is 0. The summed E-state index contributed by atoms with van der Waals surface area (Å²) in [6.07, 6.45) is 0. The van der Waals surface area contributed by atoms with Gasteiger partial charge < -0.3 is 9.80 Å². The first-order valence-corrected chi connectivity index (χ1v) is 20.1. The number of rotatable bonds is 9. The van der Waals surface area contributed by atoms with Gasteiger partial charge in [0, 0.05) is 39.1 Å². The minimum atomic E-state index is -0.434. The van der Waals surface area contributed by atoms with E-state index < -0.39 is 5.41 Å². The Hall–Kier alpha value is -7.13. The second-order valence-electron chi connectivity index (χ2n) is 14.7. The summed E-state index contributed by atoms with van der Waals surface area (Å²) in [7, 11) is 0. The molecule has 0 amide bonds. The van der Waals surface area contributed by atoms with Gasteiger partial charge in [-0.2, -0.15) is 0 Å². The maximum Gasteiger partial charge on any atom is 0.0713 e. The van der Waals surface area contributed by atoms with E-state index in [1.54, 1.807) is 0 Å². The first kappa shape index (κ1) is 35.3. The van der Waals surface area contributed by atoms with E-state index in [-0.39, 0.29) is 0 Å². The molecule has 1 aliphatic carbocycles. The van der Waals surface area contributed by atoms with Crippen molar-refractivity contribution in [3.05, 3.63) is 264 Å². The van der Waals surface area contributed by atoms with Crippen LogP contribution in [0.2, 0.25) is 5.02 Å². The van der Waals surface area contributed by atoms with Crippen LogP contribution in [0.4, 0.5) is 34.1 Å². The summed E-state index contributed by atoms with van der Waals surface area (Å²) in [4.78, 5) is 4.59. The number of fused-ring (bicyclic) bond motifs is 3. The van der Waals surface area contributed by atoms with Gasteiger partial charge in [0.2, 0.25) is 0 Å². The van der Waals surface area contributed by atoms with Gasteiger partial charge >= 0.3 is 0 Å². The van der Waals surface area contributed by atoms with Gasteiger partial charge in [-0.05, 0) is 123 Å². The second-order valence-corrected chi connectivity index (χ2v) is 15.1. The lowest BCUT2D eigenvalue weighted by atomic mass is 9.67. The monoisotopic (exact) mass is 762 g/mol. The van der Waals surface area contributed by atoms with Gasteiger partial charge in [0.1, 0.15) is 0 Å². The third kappa shape index (κ3) is 6.16. The average Bonchev–Trinajstić information content (AvgIpc) is 3.59. The molecule has 0 atom stereocenters. The first-order chi connectivity index (χ1) is 28.7. The maximum atomic E-state index is 6.70. The molecule has 276 valence electrons. The molecule has 10 rings (SSSR count). The molecule has 58 heavy (non-hydrogen) atoms. The SMILES string of the molecule is Clc1cccc(N(c2cccc(-c3ccc4c(c3)-c3ccccc3C4(c3ccccc3)c3ccccc3)c2)c2cccc(N(c3ccccc3)c3ccccc3)c2)c1. The zero-order valence-electron chi connectivity index (χ0n) is 31.8. The number of para-hydroxylation sites is 2. The van der Waals surface area contributed by atoms with Crippen LogP contribution in [0.25, 0.3) is 22.3 Å². The van der Waals surface area contributed by atoms with Gasteiger partial charge in [-0.3, -0.25) is 0 Å². The normalized spacial score (nSPS) is 12.4. The van der Waals surface area contributed by atoms with Crippen molar-refractivity contribution in [1.82, 2.24) is 0 Å². The van der Waals surface area contributed by atoms with E-state index in [2.05, 4.69) is 228 Å². The second kappa shape index (κ2) is 15.1. The molecule has 9 aromatic carbocycles. The Morgan fingerprint density at radius 3 is 1.33 bits per heavy atom. The lowest BCUT2D eigenvalue weighted by Crippen LogP contribution is -2.28. The molecule has 2 nitrogen and oxygen atoms in total. The predicted molar refractivity (Wildman–Crippen MR) is 244 cm³/mol. The summed E-state index contributed by atoms with van der Waals surface area (Å²) >= 11 is 6.70. The van der Waals surface area contributed by atoms with E-state index in [4.69, 9.17) is 11.6 Å². The van der Waals surface area contributed by atoms with Crippen molar-refractivity contribution in [1.29, 1.82) is 0 Å². The molecule has 0 heterocycles. The molecule has 0 spiro atoms. The Labute approximate surface area is 345 Å². The molecular weight excluding hydrogens is 724 g/mol. The molecular formula is C55H39ClN2. The molecule has 1 aliphatic rings. The minimum absolute atomic E-state index is 0.434. The Bertz CT molecular complexity index is 2780. The van der Waals surface area contributed by atoms with Gasteiger partial charge in [0.15, 0.2) is 0 Å². The van der Waals surface area contributed by atoms with E-state index in [0.29, 0.717) is 5.02 Å². The topological polar surface area (TPSA) is 6.48 Å². The average molecular weight is 763 g/mol. The highest BCUT2D eigenvalue weighted by Crippen LogP contribution is 2.56. The van der Waals surface area contributed by atoms with Crippen LogP contribution in [0.1, 0.15) is 22.3 Å². The highest BCUT2D eigenvalue weighted by molar-refractivity contribution is 6.30. The number of anilines is 6. The van der Waals surface area contributed by atoms with Crippen LogP contribution in [0.3, 0.4) is 0 Å². The van der Waals surface area contributed by atoms with Gasteiger partial charge in [0.25, 0.3) is 0 Å². The van der Waals surface area contributed by atoms with E-state index in [1.807, 2.05) is 18.2 Å². The van der Waals surface area contributed by atoms with E-state index in [9.17, 15) is 0 Å². The smallest absolute Gasteiger partial charge is 0.0713 e. The number of halogens is 1. The fraction of sp³-hybridized carbons (Fsp3) is 0.0182. The molecule has 0 saturated heterocycles. The van der Waals surface area contributed by atoms with Crippen molar-refractivity contribution >= 4 is 45.7 Å². The quantitative estimate of drug-likeness (QED) is 0.144. The fourth-order valence-electron chi connectivity index (χ4n) is 8.89. The summed E-state index contributed by atoms with van der Waals surface area (Å²) in [5, 5.41) is 0.683. The Morgan fingerprint density at radius 1 is 0.293 bits per heavy atom. The summed E-state index contributed by atoms with van der Waals surface area (Å²) in [6, 6.07) is 84.6. The van der Waals surface area contributed by atoms with Gasteiger partial charge in [0.05, 0.1) is 5.41 Å². The Morgan fingerprint density at radius 2 is 0.724 bits per heavy atom. The van der Waals surface area contributed by atoms with E-state index >= 15 is 0 Å². The van der Waals surface area contributed by atoms with Crippen LogP contribution >= 0.6 is 11.6 Å². The molecule has 0 N–H and O–H groups in total. The predicted octanol–water partition coefficient (Wildman–Crippen LogP) is 15.3. The van der Waals surface area contributed by atoms with Gasteiger partial charge in [-0.1, -0.05) is 169 Å². The zero-order valence-corrected chi connectivity index (χ0v) is 32.5. The van der Waals surface area contributed by atoms with Gasteiger partial charge in [-0.25, -0.2) is 0 Å². The molecule has 0 saturated carbocycles. The van der Waals surface area contributed by atoms with Crippen LogP contribution in [-0.4, -0.2) is 0 Å². The summed E-state index contributed by atoms with van der Waals surface area (Å²) in [5.41, 5.74) is 15.8. The van der Waals surface area contributed by atoms with Crippen LogP contribution in [-0.2, 0) is 5.41 Å². The van der Waals surface area contributed by atoms with Crippen LogP contribution < -0.4 is 9.80 Å². The highest BCUT2D eigenvalue weighted by Gasteiger charge is 2.45. The van der Waals surface area contributed by atoms with E-state index in [1.165, 1.54) is 33.4 Å². The van der Waals surface area contributed by atoms with Crippen LogP contribution in [0.5, 0.6) is 0 Å². The lowest BCUT2D eigenvalue weighted by molar-refractivity contribution is 0.768.